The average Bonchev–Trinajstić information content (AvgIpc) is 1.65. The number of hydrogen-bond acceptors (Lipinski definition) is 1. The molecule has 40 valence electrons. The molecule has 0 spiro atoms. The minimum absolute atomic E-state index is 1.000. The van der Waals surface area contributed by atoms with Crippen molar-refractivity contribution >= 4 is 7.12 Å². The molecule has 0 unspecified atom stereocenters. The first-order valence-corrected chi connectivity index (χ1v) is 2.11. The molecule has 0 radical (unpaired) electrons. The predicted octanol–water partition coefficient (Wildman–Crippen LogP) is 0.731. The molecule has 0 aromatic heterocycles. The number of nitrogens with zero attached hydrogens (tertiary/aromatic N) is 1. The molecular formula is C4H9BFN. The third-order valence-electron chi connectivity index (χ3n) is 0.688. The standard InChI is InChI=1S/C4H9BFN/c1-4-5(6)7(2)3/h4H,1H2,2-3H3. The molecule has 0 amide bonds. The normalized spacial score (nSPS) is 9.14. The predicted molar refractivity (Wildman–Crippen MR) is 30.7 cm³/mol. The summed E-state index contributed by atoms with van der Waals surface area (Å²) in [7, 11) is 2.32. The van der Waals surface area contributed by atoms with Gasteiger partial charge in [-0.25, -0.2) is 0 Å². The molecule has 0 aromatic carbocycles. The molecule has 0 aliphatic heterocycles. The van der Waals surface area contributed by atoms with Crippen molar-refractivity contribution < 1.29 is 4.32 Å². The second-order valence-electron chi connectivity index (χ2n) is 1.57. The van der Waals surface area contributed by atoms with Gasteiger partial charge in [0.15, 0.2) is 0 Å². The molecule has 1 nitrogen and oxygen atoms in total. The van der Waals surface area contributed by atoms with E-state index in [0.717, 1.165) is 0 Å². The summed E-state index contributed by atoms with van der Waals surface area (Å²) in [6, 6.07) is 0. The van der Waals surface area contributed by atoms with Crippen LogP contribution >= 0.6 is 0 Å². The molecule has 0 atom stereocenters. The summed E-state index contributed by atoms with van der Waals surface area (Å²) in [6.07, 6.45) is 0. The van der Waals surface area contributed by atoms with Crippen molar-refractivity contribution in [3.63, 3.8) is 0 Å². The first-order valence-electron chi connectivity index (χ1n) is 2.11. The molecule has 0 N–H and O–H groups in total. The lowest BCUT2D eigenvalue weighted by Gasteiger charge is -2.05. The molecular weight excluding hydrogens is 91.9 g/mol. The first-order chi connectivity index (χ1) is 3.18. The zero-order valence-corrected chi connectivity index (χ0v) is 4.69. The van der Waals surface area contributed by atoms with Crippen molar-refractivity contribution in [3.8, 4) is 0 Å². The topological polar surface area (TPSA) is 3.24 Å². The SMILES string of the molecule is C=CB(F)N(C)C. The Balaban J connectivity index is 3.33. The van der Waals surface area contributed by atoms with Crippen LogP contribution in [0.5, 0.6) is 0 Å². The van der Waals surface area contributed by atoms with Crippen molar-refractivity contribution in [3.05, 3.63) is 12.6 Å². The smallest absolute Gasteiger partial charge is 0.315 e. The van der Waals surface area contributed by atoms with Crippen LogP contribution in [0.1, 0.15) is 0 Å². The van der Waals surface area contributed by atoms with Crippen LogP contribution in [0.4, 0.5) is 4.32 Å². The Hall–Kier alpha value is -0.305. The third kappa shape index (κ3) is 2.40. The highest BCUT2D eigenvalue weighted by molar-refractivity contribution is 6.53. The van der Waals surface area contributed by atoms with Crippen LogP contribution in [0.25, 0.3) is 0 Å². The van der Waals surface area contributed by atoms with E-state index < -0.39 is 7.12 Å². The monoisotopic (exact) mass is 101 g/mol. The Bertz CT molecular complexity index is 64.7. The molecule has 0 fully saturated rings. The van der Waals surface area contributed by atoms with Gasteiger partial charge in [-0.2, -0.15) is 0 Å². The lowest BCUT2D eigenvalue weighted by molar-refractivity contribution is 0.579. The lowest BCUT2D eigenvalue weighted by Crippen LogP contribution is -2.25. The molecule has 0 aromatic rings. The van der Waals surface area contributed by atoms with Gasteiger partial charge in [0.1, 0.15) is 0 Å². The fourth-order valence-electron chi connectivity index (χ4n) is 0.211. The van der Waals surface area contributed by atoms with Crippen molar-refractivity contribution in [2.45, 2.75) is 0 Å². The summed E-state index contributed by atoms with van der Waals surface area (Å²) in [4.78, 5) is 1.44. The van der Waals surface area contributed by atoms with Gasteiger partial charge in [0.25, 0.3) is 0 Å². The Morgan fingerprint density at radius 3 is 2.14 bits per heavy atom. The van der Waals surface area contributed by atoms with E-state index in [1.165, 1.54) is 10.8 Å². The summed E-state index contributed by atoms with van der Waals surface area (Å²) < 4.78 is 12.1. The fraction of sp³-hybridized carbons (Fsp3) is 0.500. The minimum Gasteiger partial charge on any atom is -0.315 e. The fourth-order valence-corrected chi connectivity index (χ4v) is 0.211. The minimum atomic E-state index is -1.000. The van der Waals surface area contributed by atoms with E-state index in [2.05, 4.69) is 6.58 Å². The van der Waals surface area contributed by atoms with Gasteiger partial charge in [0, 0.05) is 0 Å². The summed E-state index contributed by atoms with van der Waals surface area (Å²) >= 11 is 0. The third-order valence-corrected chi connectivity index (χ3v) is 0.688. The highest BCUT2D eigenvalue weighted by Crippen LogP contribution is 1.86. The van der Waals surface area contributed by atoms with Crippen LogP contribution in [0, 0.1) is 0 Å². The average molecular weight is 101 g/mol. The van der Waals surface area contributed by atoms with Gasteiger partial charge in [-0.15, -0.1) is 6.58 Å². The Morgan fingerprint density at radius 1 is 1.71 bits per heavy atom. The molecule has 0 bridgehead atoms. The lowest BCUT2D eigenvalue weighted by atomic mass is 9.87. The summed E-state index contributed by atoms with van der Waals surface area (Å²) in [5, 5.41) is 0. The van der Waals surface area contributed by atoms with E-state index in [9.17, 15) is 4.32 Å². The van der Waals surface area contributed by atoms with E-state index in [1.54, 1.807) is 14.1 Å². The van der Waals surface area contributed by atoms with Gasteiger partial charge in [0.2, 0.25) is 0 Å². The van der Waals surface area contributed by atoms with Crippen LogP contribution in [0.2, 0.25) is 0 Å². The highest BCUT2D eigenvalue weighted by Gasteiger charge is 2.09. The maximum Gasteiger partial charge on any atom is 0.456 e. The summed E-state index contributed by atoms with van der Waals surface area (Å²) in [6.45, 7) is 3.27. The first kappa shape index (κ1) is 6.69. The van der Waals surface area contributed by atoms with Crippen molar-refractivity contribution in [2.24, 2.45) is 0 Å². The second-order valence-corrected chi connectivity index (χ2v) is 1.57. The van der Waals surface area contributed by atoms with E-state index in [-0.39, 0.29) is 0 Å². The zero-order chi connectivity index (χ0) is 5.86. The van der Waals surface area contributed by atoms with Crippen LogP contribution < -0.4 is 0 Å². The van der Waals surface area contributed by atoms with Crippen LogP contribution in [0.15, 0.2) is 12.6 Å². The maximum absolute atomic E-state index is 12.1. The van der Waals surface area contributed by atoms with Crippen molar-refractivity contribution in [1.82, 2.24) is 4.81 Å². The Kier molecular flexibility index (Phi) is 2.68. The molecule has 7 heavy (non-hydrogen) atoms. The van der Waals surface area contributed by atoms with E-state index in [0.29, 0.717) is 0 Å². The Labute approximate surface area is 44.0 Å². The second kappa shape index (κ2) is 2.80. The van der Waals surface area contributed by atoms with Gasteiger partial charge in [-0.1, -0.05) is 5.98 Å². The number of rotatable bonds is 2. The van der Waals surface area contributed by atoms with Gasteiger partial charge in [0.05, 0.1) is 0 Å². The molecule has 0 saturated heterocycles. The summed E-state index contributed by atoms with van der Waals surface area (Å²) in [5.41, 5.74) is 0. The zero-order valence-electron chi connectivity index (χ0n) is 4.69. The number of halogens is 1. The van der Waals surface area contributed by atoms with E-state index >= 15 is 0 Å². The van der Waals surface area contributed by atoms with Crippen LogP contribution in [-0.4, -0.2) is 26.0 Å². The van der Waals surface area contributed by atoms with Gasteiger partial charge >= 0.3 is 7.12 Å². The van der Waals surface area contributed by atoms with E-state index in [4.69, 9.17) is 0 Å². The van der Waals surface area contributed by atoms with Gasteiger partial charge in [-0.05, 0) is 14.1 Å². The van der Waals surface area contributed by atoms with E-state index in [1.807, 2.05) is 0 Å². The molecule has 0 saturated carbocycles. The molecule has 0 aliphatic rings. The highest BCUT2D eigenvalue weighted by atomic mass is 19.1. The molecule has 0 aliphatic carbocycles. The van der Waals surface area contributed by atoms with Gasteiger partial charge < -0.3 is 9.13 Å². The summed E-state index contributed by atoms with van der Waals surface area (Å²) in [5.74, 6) is 1.25. The molecule has 0 rings (SSSR count). The Morgan fingerprint density at radius 2 is 2.14 bits per heavy atom. The quantitative estimate of drug-likeness (QED) is 0.463. The van der Waals surface area contributed by atoms with Crippen molar-refractivity contribution in [2.75, 3.05) is 14.1 Å². The van der Waals surface area contributed by atoms with Crippen LogP contribution in [-0.2, 0) is 0 Å². The van der Waals surface area contributed by atoms with Crippen LogP contribution in [0.3, 0.4) is 0 Å². The molecule has 0 heterocycles. The molecule has 3 heteroatoms. The number of hydrogen-bond donors (Lipinski definition) is 0. The largest absolute Gasteiger partial charge is 0.456 e. The van der Waals surface area contributed by atoms with Crippen molar-refractivity contribution in [1.29, 1.82) is 0 Å². The maximum atomic E-state index is 12.1. The van der Waals surface area contributed by atoms with Gasteiger partial charge in [-0.3, -0.25) is 0 Å².